The molecule has 1 heterocycles. The first-order valence-corrected chi connectivity index (χ1v) is 7.66. The smallest absolute Gasteiger partial charge is 0.278 e. The summed E-state index contributed by atoms with van der Waals surface area (Å²) >= 11 is 0. The lowest BCUT2D eigenvalue weighted by Gasteiger charge is -2.22. The largest absolute Gasteiger partial charge is 0.507 e. The van der Waals surface area contributed by atoms with Crippen LogP contribution in [0.2, 0.25) is 0 Å². The number of carbonyl (C=O) groups is 1. The second kappa shape index (κ2) is 6.45. The maximum atomic E-state index is 12.1. The zero-order valence-electron chi connectivity index (χ0n) is 12.1. The van der Waals surface area contributed by atoms with Crippen molar-refractivity contribution in [2.75, 3.05) is 6.61 Å². The molecule has 1 fully saturated rings. The van der Waals surface area contributed by atoms with Crippen molar-refractivity contribution in [2.24, 2.45) is 0 Å². The molecule has 0 saturated carbocycles. The van der Waals surface area contributed by atoms with Crippen LogP contribution in [0.15, 0.2) is 12.1 Å². The number of aryl methyl sites for hydroxylation is 2. The van der Waals surface area contributed by atoms with E-state index >= 15 is 0 Å². The first-order chi connectivity index (χ1) is 10.2. The molecule has 1 aliphatic heterocycles. The van der Waals surface area contributed by atoms with Crippen LogP contribution >= 0.6 is 0 Å². The summed E-state index contributed by atoms with van der Waals surface area (Å²) in [6, 6.07) is 3.49. The summed E-state index contributed by atoms with van der Waals surface area (Å²) in [6.07, 6.45) is 6.65. The Morgan fingerprint density at radius 2 is 1.95 bits per heavy atom. The molecular weight excluding hydrogens is 270 g/mol. The topological polar surface area (TPSA) is 67.8 Å². The normalized spacial score (nSPS) is 21.6. The van der Waals surface area contributed by atoms with Gasteiger partial charge in [-0.2, -0.15) is 0 Å². The second-order valence-corrected chi connectivity index (χ2v) is 5.69. The number of hydrogen-bond donors (Lipinski definition) is 2. The Labute approximate surface area is 124 Å². The van der Waals surface area contributed by atoms with Gasteiger partial charge >= 0.3 is 0 Å². The van der Waals surface area contributed by atoms with E-state index in [1.165, 1.54) is 0 Å². The molecule has 1 amide bonds. The number of fused-ring (bicyclic) bond motifs is 1. The number of hydrogen-bond acceptors (Lipinski definition) is 4. The maximum absolute atomic E-state index is 12.1. The molecule has 0 spiro atoms. The molecule has 1 aliphatic carbocycles. The number of aromatic hydroxyl groups is 1. The zero-order chi connectivity index (χ0) is 14.7. The summed E-state index contributed by atoms with van der Waals surface area (Å²) < 4.78 is 5.39. The first-order valence-electron chi connectivity index (χ1n) is 7.66. The summed E-state index contributed by atoms with van der Waals surface area (Å²) in [4.78, 5) is 17.4. The standard InChI is InChI=1S/C16H21NO4/c18-14-10-12-6-2-1-5-11(12)9-13(14)16(19)17-21-15-7-3-4-8-20-15/h9-10,15,18H,1-8H2,(H,17,19)/t15-/m0/s1. The maximum Gasteiger partial charge on any atom is 0.278 e. The van der Waals surface area contributed by atoms with Gasteiger partial charge < -0.3 is 9.84 Å². The van der Waals surface area contributed by atoms with Gasteiger partial charge in [0.15, 0.2) is 6.29 Å². The second-order valence-electron chi connectivity index (χ2n) is 5.69. The first kappa shape index (κ1) is 14.4. The van der Waals surface area contributed by atoms with Crippen molar-refractivity contribution in [3.63, 3.8) is 0 Å². The van der Waals surface area contributed by atoms with Gasteiger partial charge in [0.1, 0.15) is 5.75 Å². The third-order valence-electron chi connectivity index (χ3n) is 4.13. The Kier molecular flexibility index (Phi) is 4.41. The van der Waals surface area contributed by atoms with Crippen molar-refractivity contribution >= 4 is 5.91 Å². The van der Waals surface area contributed by atoms with Gasteiger partial charge in [0, 0.05) is 13.0 Å². The molecule has 1 aromatic rings. The van der Waals surface area contributed by atoms with Gasteiger partial charge in [-0.25, -0.2) is 10.3 Å². The molecular formula is C16H21NO4. The van der Waals surface area contributed by atoms with Crippen molar-refractivity contribution in [3.05, 3.63) is 28.8 Å². The van der Waals surface area contributed by atoms with E-state index in [1.54, 1.807) is 12.1 Å². The number of hydroxylamine groups is 1. The van der Waals surface area contributed by atoms with Crippen LogP contribution in [-0.2, 0) is 22.4 Å². The average Bonchev–Trinajstić information content (AvgIpc) is 2.53. The number of rotatable bonds is 3. The number of ether oxygens (including phenoxy) is 1. The molecule has 2 N–H and O–H groups in total. The van der Waals surface area contributed by atoms with Crippen LogP contribution in [0.25, 0.3) is 0 Å². The van der Waals surface area contributed by atoms with Crippen LogP contribution in [0.3, 0.4) is 0 Å². The van der Waals surface area contributed by atoms with Gasteiger partial charge in [-0.3, -0.25) is 4.79 Å². The highest BCUT2D eigenvalue weighted by atomic mass is 16.8. The fourth-order valence-corrected chi connectivity index (χ4v) is 2.93. The molecule has 3 rings (SSSR count). The van der Waals surface area contributed by atoms with Gasteiger partial charge in [-0.05, 0) is 61.8 Å². The number of benzene rings is 1. The van der Waals surface area contributed by atoms with Gasteiger partial charge in [-0.15, -0.1) is 0 Å². The molecule has 0 radical (unpaired) electrons. The van der Waals surface area contributed by atoms with E-state index in [-0.39, 0.29) is 17.6 Å². The fraction of sp³-hybridized carbons (Fsp3) is 0.562. The minimum atomic E-state index is -0.421. The third-order valence-corrected chi connectivity index (χ3v) is 4.13. The monoisotopic (exact) mass is 291 g/mol. The molecule has 1 atom stereocenters. The Hall–Kier alpha value is -1.59. The lowest BCUT2D eigenvalue weighted by molar-refractivity contribution is -0.186. The Balaban J connectivity index is 1.66. The molecule has 0 aromatic heterocycles. The zero-order valence-corrected chi connectivity index (χ0v) is 12.1. The predicted octanol–water partition coefficient (Wildman–Crippen LogP) is 2.46. The highest BCUT2D eigenvalue weighted by Crippen LogP contribution is 2.28. The molecule has 114 valence electrons. The lowest BCUT2D eigenvalue weighted by Crippen LogP contribution is -2.33. The summed E-state index contributed by atoms with van der Waals surface area (Å²) in [5.41, 5.74) is 4.96. The number of carbonyl (C=O) groups excluding carboxylic acids is 1. The molecule has 2 aliphatic rings. The van der Waals surface area contributed by atoms with E-state index in [0.717, 1.165) is 56.1 Å². The third kappa shape index (κ3) is 3.36. The molecule has 21 heavy (non-hydrogen) atoms. The molecule has 0 bridgehead atoms. The highest BCUT2D eigenvalue weighted by Gasteiger charge is 2.20. The average molecular weight is 291 g/mol. The molecule has 1 saturated heterocycles. The van der Waals surface area contributed by atoms with Crippen LogP contribution < -0.4 is 5.48 Å². The Bertz CT molecular complexity index is 523. The molecule has 0 unspecified atom stereocenters. The summed E-state index contributed by atoms with van der Waals surface area (Å²) in [7, 11) is 0. The number of phenols is 1. The lowest BCUT2D eigenvalue weighted by atomic mass is 9.90. The van der Waals surface area contributed by atoms with E-state index in [4.69, 9.17) is 9.57 Å². The van der Waals surface area contributed by atoms with Crippen LogP contribution in [0.5, 0.6) is 5.75 Å². The summed E-state index contributed by atoms with van der Waals surface area (Å²) in [6.45, 7) is 0.657. The van der Waals surface area contributed by atoms with Crippen LogP contribution in [0.4, 0.5) is 0 Å². The van der Waals surface area contributed by atoms with Gasteiger partial charge in [0.25, 0.3) is 5.91 Å². The van der Waals surface area contributed by atoms with E-state index in [2.05, 4.69) is 5.48 Å². The van der Waals surface area contributed by atoms with E-state index in [0.29, 0.717) is 6.61 Å². The van der Waals surface area contributed by atoms with E-state index in [9.17, 15) is 9.90 Å². The van der Waals surface area contributed by atoms with Crippen molar-refractivity contribution in [3.8, 4) is 5.75 Å². The minimum Gasteiger partial charge on any atom is -0.507 e. The van der Waals surface area contributed by atoms with Gasteiger partial charge in [0.2, 0.25) is 0 Å². The molecule has 1 aromatic carbocycles. The van der Waals surface area contributed by atoms with Crippen LogP contribution in [0.1, 0.15) is 53.6 Å². The number of phenolic OH excluding ortho intramolecular Hbond substituents is 1. The number of nitrogens with one attached hydrogen (secondary N) is 1. The minimum absolute atomic E-state index is 0.0151. The van der Waals surface area contributed by atoms with Crippen LogP contribution in [-0.4, -0.2) is 23.9 Å². The van der Waals surface area contributed by atoms with Gasteiger partial charge in [0.05, 0.1) is 5.56 Å². The molecule has 5 heteroatoms. The summed E-state index contributed by atoms with van der Waals surface area (Å²) in [5.74, 6) is -0.406. The van der Waals surface area contributed by atoms with Crippen molar-refractivity contribution < 1.29 is 19.5 Å². The SMILES string of the molecule is O=C(NO[C@H]1CCCCO1)c1cc2c(cc1O)CCCC2. The van der Waals surface area contributed by atoms with Crippen molar-refractivity contribution in [1.29, 1.82) is 0 Å². The van der Waals surface area contributed by atoms with E-state index in [1.807, 2.05) is 0 Å². The fourth-order valence-electron chi connectivity index (χ4n) is 2.93. The highest BCUT2D eigenvalue weighted by molar-refractivity contribution is 5.96. The van der Waals surface area contributed by atoms with Crippen LogP contribution in [0, 0.1) is 0 Å². The van der Waals surface area contributed by atoms with Crippen molar-refractivity contribution in [1.82, 2.24) is 5.48 Å². The molecule has 5 nitrogen and oxygen atoms in total. The Morgan fingerprint density at radius 3 is 2.67 bits per heavy atom. The number of amides is 1. The Morgan fingerprint density at radius 1 is 1.19 bits per heavy atom. The van der Waals surface area contributed by atoms with Gasteiger partial charge in [-0.1, -0.05) is 0 Å². The van der Waals surface area contributed by atoms with Crippen molar-refractivity contribution in [2.45, 2.75) is 51.2 Å². The predicted molar refractivity (Wildman–Crippen MR) is 76.9 cm³/mol. The summed E-state index contributed by atoms with van der Waals surface area (Å²) in [5, 5.41) is 10.0. The quantitative estimate of drug-likeness (QED) is 0.839. The van der Waals surface area contributed by atoms with E-state index < -0.39 is 5.91 Å².